The number of carboxylic acids is 1. The van der Waals surface area contributed by atoms with Crippen molar-refractivity contribution in [2.75, 3.05) is 18.4 Å². The van der Waals surface area contributed by atoms with Gasteiger partial charge in [0.1, 0.15) is 31.3 Å². The van der Waals surface area contributed by atoms with E-state index in [0.717, 1.165) is 12.2 Å². The van der Waals surface area contributed by atoms with Gasteiger partial charge in [0.25, 0.3) is 11.8 Å². The molecule has 1 aromatic carbocycles. The minimum absolute atomic E-state index is 0.0254. The Morgan fingerprint density at radius 3 is 1.96 bits per heavy atom. The van der Waals surface area contributed by atoms with Gasteiger partial charge in [0, 0.05) is 30.8 Å². The van der Waals surface area contributed by atoms with Crippen LogP contribution in [0.15, 0.2) is 36.4 Å². The molecule has 3 atom stereocenters. The van der Waals surface area contributed by atoms with Gasteiger partial charge in [-0.25, -0.2) is 4.79 Å². The zero-order valence-electron chi connectivity index (χ0n) is 30.5. The number of hydrogen-bond acceptors (Lipinski definition) is 10. The van der Waals surface area contributed by atoms with Gasteiger partial charge in [-0.3, -0.25) is 43.3 Å². The predicted molar refractivity (Wildman–Crippen MR) is 189 cm³/mol. The van der Waals surface area contributed by atoms with Crippen LogP contribution in [0.4, 0.5) is 10.5 Å². The fraction of sp³-hybridized carbons (Fsp3) is 0.514. The molecular weight excluding hydrogens is 694 g/mol. The average molecular weight is 744 g/mol. The Hall–Kier alpha value is -5.81. The third kappa shape index (κ3) is 15.1. The molecule has 1 aliphatic heterocycles. The Balaban J connectivity index is 2.18. The lowest BCUT2D eigenvalue weighted by Gasteiger charge is -2.27. The van der Waals surface area contributed by atoms with Gasteiger partial charge in [0.05, 0.1) is 5.41 Å². The molecule has 0 saturated heterocycles. The summed E-state index contributed by atoms with van der Waals surface area (Å²) in [6, 6.07) is 2.00. The highest BCUT2D eigenvalue weighted by molar-refractivity contribution is 6.14. The van der Waals surface area contributed by atoms with Gasteiger partial charge in [0.2, 0.25) is 23.6 Å². The third-order valence-electron chi connectivity index (χ3n) is 7.79. The molecule has 18 nitrogen and oxygen atoms in total. The van der Waals surface area contributed by atoms with Crippen LogP contribution in [0.3, 0.4) is 0 Å². The third-order valence-corrected chi connectivity index (χ3v) is 7.79. The van der Waals surface area contributed by atoms with E-state index in [1.165, 1.54) is 0 Å². The molecule has 1 heterocycles. The van der Waals surface area contributed by atoms with Crippen molar-refractivity contribution in [2.24, 2.45) is 17.1 Å². The largest absolute Gasteiger partial charge is 0.481 e. The lowest BCUT2D eigenvalue weighted by Crippen LogP contribution is -2.58. The van der Waals surface area contributed by atoms with Gasteiger partial charge in [-0.1, -0.05) is 26.0 Å². The number of carbonyl (C=O) groups is 9. The van der Waals surface area contributed by atoms with E-state index in [1.54, 1.807) is 58.9 Å². The number of hydrogen-bond donors (Lipinski definition) is 7. The molecule has 0 aromatic heterocycles. The molecule has 0 aliphatic carbocycles. The van der Waals surface area contributed by atoms with Crippen molar-refractivity contribution in [3.8, 4) is 0 Å². The van der Waals surface area contributed by atoms with E-state index >= 15 is 0 Å². The van der Waals surface area contributed by atoms with Crippen LogP contribution < -0.4 is 32.3 Å². The molecule has 0 bridgehead atoms. The highest BCUT2D eigenvalue weighted by atomic mass is 16.5. The van der Waals surface area contributed by atoms with E-state index in [4.69, 9.17) is 15.6 Å². The zero-order valence-corrected chi connectivity index (χ0v) is 30.5. The number of nitrogens with two attached hydrogens (primary N) is 1. The average Bonchev–Trinajstić information content (AvgIpc) is 3.38. The van der Waals surface area contributed by atoms with Crippen LogP contribution in [-0.2, 0) is 49.7 Å². The lowest BCUT2D eigenvalue weighted by atomic mass is 9.97. The Morgan fingerprint density at radius 2 is 1.42 bits per heavy atom. The molecule has 18 heteroatoms. The smallest absolute Gasteiger partial charge is 0.312 e. The molecule has 1 aromatic rings. The quantitative estimate of drug-likeness (QED) is 0.0547. The van der Waals surface area contributed by atoms with Gasteiger partial charge in [0.15, 0.2) is 0 Å². The fourth-order valence-corrected chi connectivity index (χ4v) is 4.81. The van der Waals surface area contributed by atoms with Crippen LogP contribution >= 0.6 is 0 Å². The van der Waals surface area contributed by atoms with E-state index < -0.39 is 83.4 Å². The molecule has 0 fully saturated rings. The molecular formula is C35H49N7O11. The summed E-state index contributed by atoms with van der Waals surface area (Å²) >= 11 is 0. The number of carbonyl (C=O) groups excluding carboxylic acids is 8. The van der Waals surface area contributed by atoms with Crippen LogP contribution in [-0.4, -0.2) is 94.6 Å². The maximum absolute atomic E-state index is 13.6. The zero-order chi connectivity index (χ0) is 39.9. The van der Waals surface area contributed by atoms with E-state index in [0.29, 0.717) is 16.2 Å². The maximum atomic E-state index is 13.6. The summed E-state index contributed by atoms with van der Waals surface area (Å²) in [5.74, 6) is -6.55. The molecule has 53 heavy (non-hydrogen) atoms. The number of nitrogens with one attached hydrogen (secondary N) is 5. The van der Waals surface area contributed by atoms with Crippen molar-refractivity contribution in [1.82, 2.24) is 26.2 Å². The number of anilines is 1. The van der Waals surface area contributed by atoms with Crippen LogP contribution in [0.25, 0.3) is 0 Å². The topological polar surface area (TPSA) is 272 Å². The minimum Gasteiger partial charge on any atom is -0.481 e. The van der Waals surface area contributed by atoms with Crippen LogP contribution in [0.2, 0.25) is 0 Å². The number of esters is 1. The summed E-state index contributed by atoms with van der Waals surface area (Å²) in [7, 11) is 0. The number of primary amides is 1. The first-order chi connectivity index (χ1) is 24.8. The van der Waals surface area contributed by atoms with Crippen molar-refractivity contribution < 1.29 is 53.0 Å². The standard InChI is InChI=1S/C35H49N7O11/c1-20(2)29(41-31(49)23(8-6-10-28(46)47)39-25(43)18-42-26(44)15-16-27(42)45)32(50)40-24(9-7-17-37-34(36)52)30(48)38-22-13-11-21(12-14-22)19-53-33(51)35(3,4)5/h11-16,20,23-24,29H,6-10,17-19H2,1-5H3,(H,38,48)(H,39,43)(H,40,50)(H,41,49)(H,46,47)(H3,36,37,52)/t23-,24-,29-/m0/s1. The van der Waals surface area contributed by atoms with Gasteiger partial charge >= 0.3 is 18.0 Å². The van der Waals surface area contributed by atoms with Gasteiger partial charge in [-0.15, -0.1) is 0 Å². The summed E-state index contributed by atoms with van der Waals surface area (Å²) in [5.41, 5.74) is 5.51. The number of nitrogens with zero attached hydrogens (tertiary/aromatic N) is 1. The highest BCUT2D eigenvalue weighted by Gasteiger charge is 2.33. The molecule has 0 radical (unpaired) electrons. The number of rotatable bonds is 20. The first-order valence-corrected chi connectivity index (χ1v) is 17.0. The second kappa shape index (κ2) is 20.3. The number of ether oxygens (including phenoxy) is 1. The van der Waals surface area contributed by atoms with Crippen LogP contribution in [0.1, 0.15) is 72.3 Å². The minimum atomic E-state index is -1.34. The molecule has 0 saturated carbocycles. The molecule has 0 unspecified atom stereocenters. The Morgan fingerprint density at radius 1 is 0.830 bits per heavy atom. The second-order valence-corrected chi connectivity index (χ2v) is 13.7. The summed E-state index contributed by atoms with van der Waals surface area (Å²) < 4.78 is 5.32. The van der Waals surface area contributed by atoms with Gasteiger partial charge < -0.3 is 42.2 Å². The molecule has 8 N–H and O–H groups in total. The van der Waals surface area contributed by atoms with Crippen LogP contribution in [0, 0.1) is 11.3 Å². The summed E-state index contributed by atoms with van der Waals surface area (Å²) in [6.45, 7) is 7.90. The van der Waals surface area contributed by atoms with Crippen molar-refractivity contribution in [3.63, 3.8) is 0 Å². The van der Waals surface area contributed by atoms with E-state index in [2.05, 4.69) is 26.6 Å². The van der Waals surface area contributed by atoms with Crippen molar-refractivity contribution in [1.29, 1.82) is 0 Å². The van der Waals surface area contributed by atoms with Crippen molar-refractivity contribution in [3.05, 3.63) is 42.0 Å². The number of benzene rings is 1. The summed E-state index contributed by atoms with van der Waals surface area (Å²) in [6.07, 6.45) is 1.76. The number of urea groups is 1. The van der Waals surface area contributed by atoms with Crippen molar-refractivity contribution >= 4 is 59.1 Å². The molecule has 0 spiro atoms. The summed E-state index contributed by atoms with van der Waals surface area (Å²) in [5, 5.41) is 21.8. The van der Waals surface area contributed by atoms with E-state index in [1.807, 2.05) is 0 Å². The predicted octanol–water partition coefficient (Wildman–Crippen LogP) is 0.453. The lowest BCUT2D eigenvalue weighted by molar-refractivity contribution is -0.154. The van der Waals surface area contributed by atoms with Crippen LogP contribution in [0.5, 0.6) is 0 Å². The normalized spacial score (nSPS) is 14.2. The number of imide groups is 1. The first-order valence-electron chi connectivity index (χ1n) is 17.0. The van der Waals surface area contributed by atoms with Gasteiger partial charge in [-0.2, -0.15) is 0 Å². The molecule has 8 amide bonds. The SMILES string of the molecule is CC(C)[C@H](NC(=O)[C@H](CCCC(=O)O)NC(=O)CN1C(=O)C=CC1=O)C(=O)N[C@@H](CCCNC(N)=O)C(=O)Nc1ccc(COC(=O)C(C)(C)C)cc1. The number of aliphatic carboxylic acids is 1. The Bertz CT molecular complexity index is 1550. The van der Waals surface area contributed by atoms with E-state index in [9.17, 15) is 43.2 Å². The Labute approximate surface area is 307 Å². The molecule has 290 valence electrons. The molecule has 2 rings (SSSR count). The maximum Gasteiger partial charge on any atom is 0.312 e. The first kappa shape index (κ1) is 43.4. The highest BCUT2D eigenvalue weighted by Crippen LogP contribution is 2.18. The monoisotopic (exact) mass is 743 g/mol. The number of carboxylic acid groups (broad SMARTS) is 1. The van der Waals surface area contributed by atoms with Gasteiger partial charge in [-0.05, 0) is 70.1 Å². The Kier molecular flexibility index (Phi) is 16.6. The van der Waals surface area contributed by atoms with Crippen molar-refractivity contribution in [2.45, 2.75) is 91.5 Å². The summed E-state index contributed by atoms with van der Waals surface area (Å²) in [4.78, 5) is 112. The molecule has 1 aliphatic rings. The fourth-order valence-electron chi connectivity index (χ4n) is 4.81. The second-order valence-electron chi connectivity index (χ2n) is 13.7. The van der Waals surface area contributed by atoms with E-state index in [-0.39, 0.29) is 51.2 Å². The number of amides is 8.